The van der Waals surface area contributed by atoms with Crippen molar-refractivity contribution in [3.8, 4) is 0 Å². The zero-order valence-corrected chi connectivity index (χ0v) is 9.22. The lowest BCUT2D eigenvalue weighted by Crippen LogP contribution is -2.24. The van der Waals surface area contributed by atoms with E-state index < -0.39 is 5.21 Å². The summed E-state index contributed by atoms with van der Waals surface area (Å²) in [4.78, 5) is 0. The van der Waals surface area contributed by atoms with Gasteiger partial charge in [0.2, 0.25) is 0 Å². The molecule has 0 aromatic carbocycles. The van der Waals surface area contributed by atoms with Gasteiger partial charge in [0.1, 0.15) is 0 Å². The quantitative estimate of drug-likeness (QED) is 0.562. The van der Waals surface area contributed by atoms with Gasteiger partial charge in [0.25, 0.3) is 0 Å². The van der Waals surface area contributed by atoms with E-state index in [0.717, 1.165) is 0 Å². The average molecular weight is 167 g/mol. The fourth-order valence-corrected chi connectivity index (χ4v) is 1.76. The number of rotatable bonds is 4. The van der Waals surface area contributed by atoms with Crippen LogP contribution in [0.15, 0.2) is 0 Å². The molecule has 0 aliphatic carbocycles. The predicted octanol–water partition coefficient (Wildman–Crippen LogP) is 1.95. The lowest BCUT2D eigenvalue weighted by Gasteiger charge is -2.38. The van der Waals surface area contributed by atoms with Crippen molar-refractivity contribution in [3.63, 3.8) is 0 Å². The van der Waals surface area contributed by atoms with E-state index >= 15 is 0 Å². The Hall–Kier alpha value is 0.260. The molecule has 13 heavy (non-hydrogen) atoms. The summed E-state index contributed by atoms with van der Waals surface area (Å²) in [5, 5.41) is -1.49. The predicted molar refractivity (Wildman–Crippen MR) is 63.0 cm³/mol. The van der Waals surface area contributed by atoms with Gasteiger partial charge in [0.05, 0.1) is 31.4 Å². The van der Waals surface area contributed by atoms with Gasteiger partial charge < -0.3 is 0 Å². The molecule has 0 saturated carbocycles. The molecule has 0 aromatic rings. The van der Waals surface area contributed by atoms with Crippen molar-refractivity contribution < 1.29 is 0 Å². The van der Waals surface area contributed by atoms with Crippen molar-refractivity contribution in [3.05, 3.63) is 0 Å². The molecule has 0 nitrogen and oxygen atoms in total. The lowest BCUT2D eigenvalue weighted by atomic mass is 9.41. The van der Waals surface area contributed by atoms with Crippen LogP contribution in [-0.4, -0.2) is 31.4 Å². The van der Waals surface area contributed by atoms with Crippen LogP contribution in [0.1, 0.15) is 40.5 Å². The van der Waals surface area contributed by atoms with Crippen molar-refractivity contribution in [2.45, 2.75) is 56.4 Å². The molecule has 0 aliphatic heterocycles. The van der Waals surface area contributed by atoms with Crippen LogP contribution in [0.2, 0.25) is 15.8 Å². The SMILES string of the molecule is [B]C(C)(C)CC([B])([B])CC([B])(C)C. The van der Waals surface area contributed by atoms with E-state index in [9.17, 15) is 0 Å². The highest BCUT2D eigenvalue weighted by molar-refractivity contribution is 6.40. The molecular formula is C9H16B4. The molecule has 0 saturated heterocycles. The van der Waals surface area contributed by atoms with E-state index in [1.165, 1.54) is 0 Å². The van der Waals surface area contributed by atoms with Gasteiger partial charge in [-0.3, -0.25) is 0 Å². The minimum atomic E-state index is -0.781. The van der Waals surface area contributed by atoms with Crippen molar-refractivity contribution in [2.24, 2.45) is 0 Å². The van der Waals surface area contributed by atoms with Gasteiger partial charge in [-0.2, -0.15) is 0 Å². The topological polar surface area (TPSA) is 0 Å². The standard InChI is InChI=1S/C9H16B4/c1-7(2,10)5-9(12,13)6-8(3,4)11/h5-6H2,1-4H3. The highest BCUT2D eigenvalue weighted by Gasteiger charge is 2.28. The number of hydrogen-bond donors (Lipinski definition) is 0. The van der Waals surface area contributed by atoms with Gasteiger partial charge in [0.15, 0.2) is 0 Å². The smallest absolute Gasteiger partial charge is 0.0738 e. The van der Waals surface area contributed by atoms with Gasteiger partial charge in [0, 0.05) is 0 Å². The lowest BCUT2D eigenvalue weighted by molar-refractivity contribution is 0.470. The van der Waals surface area contributed by atoms with Gasteiger partial charge >= 0.3 is 0 Å². The first-order chi connectivity index (χ1) is 5.41. The van der Waals surface area contributed by atoms with Crippen LogP contribution in [0.4, 0.5) is 0 Å². The maximum absolute atomic E-state index is 5.91. The average Bonchev–Trinajstić information content (AvgIpc) is 1.43. The summed E-state index contributed by atoms with van der Waals surface area (Å²) in [5.41, 5.74) is 0. The molecule has 64 valence electrons. The third-order valence-corrected chi connectivity index (χ3v) is 1.57. The zero-order valence-electron chi connectivity index (χ0n) is 9.22. The van der Waals surface area contributed by atoms with Crippen LogP contribution < -0.4 is 0 Å². The monoisotopic (exact) mass is 168 g/mol. The third kappa shape index (κ3) is 8.59. The van der Waals surface area contributed by atoms with Crippen molar-refractivity contribution in [1.29, 1.82) is 0 Å². The summed E-state index contributed by atoms with van der Waals surface area (Å²) < 4.78 is 0. The maximum atomic E-state index is 5.91. The molecular weight excluding hydrogens is 151 g/mol. The molecule has 0 aromatic heterocycles. The minimum Gasteiger partial charge on any atom is -0.0994 e. The molecule has 0 spiro atoms. The Bertz CT molecular complexity index is 143. The Morgan fingerprint density at radius 1 is 0.692 bits per heavy atom. The Morgan fingerprint density at radius 3 is 1.08 bits per heavy atom. The summed E-state index contributed by atoms with van der Waals surface area (Å²) >= 11 is 0. The molecule has 0 N–H and O–H groups in total. The maximum Gasteiger partial charge on any atom is 0.0738 e. The molecule has 4 heteroatoms. The van der Waals surface area contributed by atoms with Crippen molar-refractivity contribution >= 4 is 31.4 Å². The fraction of sp³-hybridized carbons (Fsp3) is 1.00. The largest absolute Gasteiger partial charge is 0.0994 e. The Morgan fingerprint density at radius 2 is 0.923 bits per heavy atom. The highest BCUT2D eigenvalue weighted by Crippen LogP contribution is 2.45. The van der Waals surface area contributed by atoms with Gasteiger partial charge in [-0.1, -0.05) is 56.4 Å². The number of hydrogen-bond acceptors (Lipinski definition) is 0. The first-order valence-corrected chi connectivity index (χ1v) is 4.57. The van der Waals surface area contributed by atoms with E-state index in [-0.39, 0.29) is 10.6 Å². The van der Waals surface area contributed by atoms with Crippen LogP contribution in [0.25, 0.3) is 0 Å². The van der Waals surface area contributed by atoms with Crippen molar-refractivity contribution in [2.75, 3.05) is 0 Å². The van der Waals surface area contributed by atoms with Crippen LogP contribution in [0, 0.1) is 0 Å². The zero-order chi connectivity index (χ0) is 10.9. The Kier molecular flexibility index (Phi) is 3.86. The van der Waals surface area contributed by atoms with E-state index in [1.54, 1.807) is 0 Å². The third-order valence-electron chi connectivity index (χ3n) is 1.57. The van der Waals surface area contributed by atoms with E-state index in [2.05, 4.69) is 0 Å². The second kappa shape index (κ2) is 3.79. The summed E-state index contributed by atoms with van der Waals surface area (Å²) in [6.07, 6.45) is 1.11. The molecule has 0 bridgehead atoms. The van der Waals surface area contributed by atoms with Crippen molar-refractivity contribution in [1.82, 2.24) is 0 Å². The Balaban J connectivity index is 4.25. The summed E-state index contributed by atoms with van der Waals surface area (Å²) in [6.45, 7) is 7.63. The first-order valence-electron chi connectivity index (χ1n) is 4.57. The highest BCUT2D eigenvalue weighted by atomic mass is 14.2. The van der Waals surface area contributed by atoms with Crippen LogP contribution in [0.5, 0.6) is 0 Å². The van der Waals surface area contributed by atoms with Gasteiger partial charge in [-0.05, 0) is 0 Å². The second-order valence-electron chi connectivity index (χ2n) is 5.56. The molecule has 0 aliphatic rings. The van der Waals surface area contributed by atoms with E-state index in [0.29, 0.717) is 12.8 Å². The fourth-order valence-electron chi connectivity index (χ4n) is 1.76. The van der Waals surface area contributed by atoms with E-state index in [1.807, 2.05) is 27.7 Å². The molecule has 0 fully saturated rings. The molecule has 0 unspecified atom stereocenters. The van der Waals surface area contributed by atoms with Crippen LogP contribution in [-0.2, 0) is 0 Å². The summed E-state index contributed by atoms with van der Waals surface area (Å²) in [6, 6.07) is 0. The minimum absolute atomic E-state index is 0.352. The molecule has 0 heterocycles. The Labute approximate surface area is 88.3 Å². The first kappa shape index (κ1) is 13.3. The van der Waals surface area contributed by atoms with Gasteiger partial charge in [-0.15, -0.1) is 0 Å². The summed E-state index contributed by atoms with van der Waals surface area (Å²) in [5.74, 6) is 0. The van der Waals surface area contributed by atoms with Crippen LogP contribution in [0.3, 0.4) is 0 Å². The summed E-state index contributed by atoms with van der Waals surface area (Å²) in [7, 11) is 23.5. The normalized spacial score (nSPS) is 14.5. The van der Waals surface area contributed by atoms with E-state index in [4.69, 9.17) is 31.4 Å². The molecule has 0 amide bonds. The molecule has 8 radical (unpaired) electrons. The second-order valence-corrected chi connectivity index (χ2v) is 5.56. The molecule has 0 rings (SSSR count). The van der Waals surface area contributed by atoms with Gasteiger partial charge in [-0.25, -0.2) is 0 Å². The van der Waals surface area contributed by atoms with Crippen LogP contribution >= 0.6 is 0 Å². The molecule has 0 atom stereocenters.